The first kappa shape index (κ1) is 13.7. The molecule has 1 aliphatic rings. The molecule has 3 rings (SSSR count). The molecule has 4 nitrogen and oxygen atoms in total. The van der Waals surface area contributed by atoms with E-state index in [-0.39, 0.29) is 13.5 Å². The number of hydrogen-bond acceptors (Lipinski definition) is 3. The molecule has 2 aromatic rings. The maximum Gasteiger partial charge on any atom is 0.324 e. The van der Waals surface area contributed by atoms with E-state index in [0.717, 1.165) is 11.3 Å². The summed E-state index contributed by atoms with van der Waals surface area (Å²) in [5.41, 5.74) is 3.35. The van der Waals surface area contributed by atoms with E-state index in [1.54, 1.807) is 18.2 Å². The molecule has 104 valence electrons. The van der Waals surface area contributed by atoms with Gasteiger partial charge in [-0.25, -0.2) is 4.85 Å². The SMILES string of the molecule is [C-]#[N+]c1ccc(Oc2ccc3c(c2)COB3C)cc1CO. The van der Waals surface area contributed by atoms with E-state index in [1.807, 2.05) is 25.0 Å². The van der Waals surface area contributed by atoms with Gasteiger partial charge in [0.1, 0.15) is 11.5 Å². The summed E-state index contributed by atoms with van der Waals surface area (Å²) in [6.07, 6.45) is 0. The van der Waals surface area contributed by atoms with E-state index in [4.69, 9.17) is 16.0 Å². The number of aliphatic hydroxyl groups is 1. The minimum atomic E-state index is -0.176. The van der Waals surface area contributed by atoms with Crippen LogP contribution in [-0.2, 0) is 17.9 Å². The van der Waals surface area contributed by atoms with Gasteiger partial charge in [-0.1, -0.05) is 19.0 Å². The molecular formula is C16H14BNO3. The Balaban J connectivity index is 1.86. The summed E-state index contributed by atoms with van der Waals surface area (Å²) >= 11 is 0. The van der Waals surface area contributed by atoms with Crippen molar-refractivity contribution in [3.8, 4) is 11.5 Å². The Bertz CT molecular complexity index is 724. The summed E-state index contributed by atoms with van der Waals surface area (Å²) in [6.45, 7) is 9.63. The molecule has 0 saturated heterocycles. The van der Waals surface area contributed by atoms with Crippen molar-refractivity contribution >= 4 is 18.1 Å². The molecule has 0 atom stereocenters. The van der Waals surface area contributed by atoms with Crippen molar-refractivity contribution in [2.75, 3.05) is 0 Å². The molecule has 0 radical (unpaired) electrons. The fraction of sp³-hybridized carbons (Fsp3) is 0.188. The average molecular weight is 279 g/mol. The van der Waals surface area contributed by atoms with Crippen LogP contribution in [-0.4, -0.2) is 12.0 Å². The Kier molecular flexibility index (Phi) is 3.65. The normalized spacial score (nSPS) is 12.9. The molecule has 5 heteroatoms. The second-order valence-electron chi connectivity index (χ2n) is 4.98. The second-order valence-corrected chi connectivity index (χ2v) is 4.98. The maximum atomic E-state index is 9.28. The Labute approximate surface area is 123 Å². The summed E-state index contributed by atoms with van der Waals surface area (Å²) < 4.78 is 11.4. The Hall–Kier alpha value is -2.29. The van der Waals surface area contributed by atoms with Crippen molar-refractivity contribution in [2.45, 2.75) is 20.0 Å². The molecule has 2 aromatic carbocycles. The minimum Gasteiger partial charge on any atom is -0.457 e. The first-order valence-corrected chi connectivity index (χ1v) is 6.75. The largest absolute Gasteiger partial charge is 0.457 e. The van der Waals surface area contributed by atoms with Crippen molar-refractivity contribution in [3.63, 3.8) is 0 Å². The zero-order valence-corrected chi connectivity index (χ0v) is 11.7. The first-order valence-electron chi connectivity index (χ1n) is 6.75. The van der Waals surface area contributed by atoms with Gasteiger partial charge >= 0.3 is 6.92 Å². The number of aliphatic hydroxyl groups excluding tert-OH is 1. The minimum absolute atomic E-state index is 0.132. The van der Waals surface area contributed by atoms with E-state index >= 15 is 0 Å². The fourth-order valence-corrected chi connectivity index (χ4v) is 2.47. The number of ether oxygens (including phenoxy) is 1. The van der Waals surface area contributed by atoms with Crippen LogP contribution < -0.4 is 10.2 Å². The lowest BCUT2D eigenvalue weighted by Gasteiger charge is -2.09. The smallest absolute Gasteiger partial charge is 0.324 e. The summed E-state index contributed by atoms with van der Waals surface area (Å²) in [5, 5.41) is 9.28. The van der Waals surface area contributed by atoms with Crippen LogP contribution in [0.5, 0.6) is 11.5 Å². The van der Waals surface area contributed by atoms with Gasteiger partial charge in [-0.05, 0) is 40.9 Å². The van der Waals surface area contributed by atoms with Gasteiger partial charge in [0.05, 0.1) is 19.8 Å². The third-order valence-corrected chi connectivity index (χ3v) is 3.62. The first-order chi connectivity index (χ1) is 10.2. The van der Waals surface area contributed by atoms with Gasteiger partial charge in [0.25, 0.3) is 0 Å². The predicted molar refractivity (Wildman–Crippen MR) is 81.2 cm³/mol. The van der Waals surface area contributed by atoms with Crippen LogP contribution in [0.15, 0.2) is 36.4 Å². The van der Waals surface area contributed by atoms with E-state index in [9.17, 15) is 5.11 Å². The summed E-state index contributed by atoms with van der Waals surface area (Å²) in [4.78, 5) is 3.36. The third kappa shape index (κ3) is 2.64. The quantitative estimate of drug-likeness (QED) is 0.694. The molecule has 1 N–H and O–H groups in total. The van der Waals surface area contributed by atoms with Crippen molar-refractivity contribution in [3.05, 3.63) is 58.9 Å². The Morgan fingerprint density at radius 3 is 2.81 bits per heavy atom. The van der Waals surface area contributed by atoms with E-state index in [1.165, 1.54) is 5.46 Å². The topological polar surface area (TPSA) is 43.0 Å². The molecular weight excluding hydrogens is 265 g/mol. The molecule has 1 heterocycles. The lowest BCUT2D eigenvalue weighted by Crippen LogP contribution is -2.23. The van der Waals surface area contributed by atoms with E-state index in [0.29, 0.717) is 23.6 Å². The number of rotatable bonds is 3. The zero-order chi connectivity index (χ0) is 14.8. The van der Waals surface area contributed by atoms with Gasteiger partial charge in [-0.15, -0.1) is 0 Å². The van der Waals surface area contributed by atoms with Gasteiger partial charge in [-0.2, -0.15) is 0 Å². The van der Waals surface area contributed by atoms with Crippen molar-refractivity contribution in [1.82, 2.24) is 0 Å². The molecule has 0 spiro atoms. The number of fused-ring (bicyclic) bond motifs is 1. The predicted octanol–water partition coefficient (Wildman–Crippen LogP) is 2.88. The molecule has 0 fully saturated rings. The molecule has 21 heavy (non-hydrogen) atoms. The van der Waals surface area contributed by atoms with Crippen molar-refractivity contribution in [1.29, 1.82) is 0 Å². The highest BCUT2D eigenvalue weighted by Gasteiger charge is 2.23. The maximum absolute atomic E-state index is 9.28. The second kappa shape index (κ2) is 5.61. The van der Waals surface area contributed by atoms with Crippen LogP contribution >= 0.6 is 0 Å². The Morgan fingerprint density at radius 2 is 2.05 bits per heavy atom. The third-order valence-electron chi connectivity index (χ3n) is 3.62. The van der Waals surface area contributed by atoms with E-state index in [2.05, 4.69) is 4.85 Å². The summed E-state index contributed by atoms with van der Waals surface area (Å²) in [7, 11) is 0. The summed E-state index contributed by atoms with van der Waals surface area (Å²) in [5.74, 6) is 1.34. The van der Waals surface area contributed by atoms with Gasteiger partial charge < -0.3 is 14.5 Å². The monoisotopic (exact) mass is 279 g/mol. The molecule has 0 amide bonds. The van der Waals surface area contributed by atoms with Gasteiger partial charge in [-0.3, -0.25) is 0 Å². The molecule has 0 bridgehead atoms. The lowest BCUT2D eigenvalue weighted by atomic mass is 9.64. The highest BCUT2D eigenvalue weighted by atomic mass is 16.5. The van der Waals surface area contributed by atoms with Crippen molar-refractivity contribution < 1.29 is 14.5 Å². The average Bonchev–Trinajstić information content (AvgIpc) is 2.88. The van der Waals surface area contributed by atoms with Crippen LogP contribution in [0.1, 0.15) is 11.1 Å². The Morgan fingerprint density at radius 1 is 1.29 bits per heavy atom. The molecule has 0 saturated carbocycles. The number of nitrogens with zero attached hydrogens (tertiary/aromatic N) is 1. The zero-order valence-electron chi connectivity index (χ0n) is 11.7. The van der Waals surface area contributed by atoms with Crippen molar-refractivity contribution in [2.24, 2.45) is 0 Å². The van der Waals surface area contributed by atoms with Gasteiger partial charge in [0, 0.05) is 0 Å². The van der Waals surface area contributed by atoms with Crippen LogP contribution in [0.4, 0.5) is 5.69 Å². The fourth-order valence-electron chi connectivity index (χ4n) is 2.47. The standard InChI is InChI=1S/C16H14BNO3/c1-17-15-5-3-13(8-12(15)10-20-17)21-14-4-6-16(18-2)11(7-14)9-19/h3-8,19H,9-10H2,1H3. The van der Waals surface area contributed by atoms with Crippen LogP contribution in [0.2, 0.25) is 6.82 Å². The number of benzene rings is 2. The lowest BCUT2D eigenvalue weighted by molar-refractivity contribution is 0.282. The van der Waals surface area contributed by atoms with Crippen LogP contribution in [0.25, 0.3) is 4.85 Å². The number of hydrogen-bond donors (Lipinski definition) is 1. The van der Waals surface area contributed by atoms with Gasteiger partial charge in [0.2, 0.25) is 0 Å². The van der Waals surface area contributed by atoms with Crippen LogP contribution in [0.3, 0.4) is 0 Å². The van der Waals surface area contributed by atoms with E-state index < -0.39 is 0 Å². The molecule has 1 aliphatic heterocycles. The molecule has 0 aliphatic carbocycles. The highest BCUT2D eigenvalue weighted by Crippen LogP contribution is 2.29. The van der Waals surface area contributed by atoms with Crippen LogP contribution in [0, 0.1) is 6.57 Å². The molecule has 0 unspecified atom stereocenters. The highest BCUT2D eigenvalue weighted by molar-refractivity contribution is 6.67. The molecule has 0 aromatic heterocycles. The summed E-state index contributed by atoms with van der Waals surface area (Å²) in [6, 6.07) is 11.0. The van der Waals surface area contributed by atoms with Gasteiger partial charge in [0.15, 0.2) is 5.69 Å².